The molecule has 0 saturated heterocycles. The molecular weight excluding hydrogens is 488 g/mol. The van der Waals surface area contributed by atoms with Crippen molar-refractivity contribution in [3.8, 4) is 0 Å². The second-order valence-electron chi connectivity index (χ2n) is 10.4. The molecule has 3 aromatic rings. The van der Waals surface area contributed by atoms with Crippen molar-refractivity contribution >= 4 is 0 Å². The lowest BCUT2D eigenvalue weighted by atomic mass is 9.71. The monoisotopic (exact) mass is 526 g/mol. The van der Waals surface area contributed by atoms with Gasteiger partial charge in [0.1, 0.15) is 17.8 Å². The Bertz CT molecular complexity index is 984. The van der Waals surface area contributed by atoms with E-state index >= 15 is 0 Å². The summed E-state index contributed by atoms with van der Waals surface area (Å²) in [4.78, 5) is 0. The molecule has 1 fully saturated rings. The molecular formula is C29H39BrN2O2. The fraction of sp³-hybridized carbons (Fsp3) is 0.483. The van der Waals surface area contributed by atoms with E-state index in [1.54, 1.807) is 0 Å². The number of aryl methyl sites for hydroxylation is 1. The summed E-state index contributed by atoms with van der Waals surface area (Å²) >= 11 is 0. The summed E-state index contributed by atoms with van der Waals surface area (Å²) in [7, 11) is 4.49. The third-order valence-electron chi connectivity index (χ3n) is 7.26. The average molecular weight is 528 g/mol. The van der Waals surface area contributed by atoms with E-state index in [0.29, 0.717) is 5.69 Å². The molecule has 1 N–H and O–H groups in total. The van der Waals surface area contributed by atoms with Gasteiger partial charge in [-0.2, -0.15) is 0 Å². The van der Waals surface area contributed by atoms with Crippen LogP contribution in [0.4, 0.5) is 0 Å². The maximum Gasteiger partial charge on any atom is 0.191 e. The molecule has 1 saturated carbocycles. The lowest BCUT2D eigenvalue weighted by molar-refractivity contribution is -0.904. The van der Waals surface area contributed by atoms with Gasteiger partial charge in [-0.3, -0.25) is 0 Å². The predicted molar refractivity (Wildman–Crippen MR) is 133 cm³/mol. The highest BCUT2D eigenvalue weighted by Gasteiger charge is 2.43. The fourth-order valence-electron chi connectivity index (χ4n) is 5.39. The van der Waals surface area contributed by atoms with Crippen LogP contribution in [-0.2, 0) is 18.6 Å². The minimum absolute atomic E-state index is 0. The van der Waals surface area contributed by atoms with E-state index in [1.807, 2.05) is 36.4 Å². The van der Waals surface area contributed by atoms with Gasteiger partial charge in [-0.25, -0.2) is 0 Å². The summed E-state index contributed by atoms with van der Waals surface area (Å²) in [5.74, 6) is 1.02. The van der Waals surface area contributed by atoms with Gasteiger partial charge in [-0.15, -0.1) is 0 Å². The second kappa shape index (κ2) is 12.1. The van der Waals surface area contributed by atoms with E-state index in [4.69, 9.17) is 4.52 Å². The number of unbranched alkanes of at least 4 members (excludes halogenated alkanes) is 1. The van der Waals surface area contributed by atoms with Crippen LogP contribution in [0.5, 0.6) is 0 Å². The topological polar surface area (TPSA) is 46.3 Å². The third-order valence-corrected chi connectivity index (χ3v) is 7.26. The molecule has 2 aromatic carbocycles. The number of hydrogen-bond donors (Lipinski definition) is 1. The first-order chi connectivity index (χ1) is 16.0. The number of hydrogen-bond acceptors (Lipinski definition) is 3. The summed E-state index contributed by atoms with van der Waals surface area (Å²) in [6, 6.07) is 22.8. The van der Waals surface area contributed by atoms with Crippen LogP contribution >= 0.6 is 0 Å². The standard InChI is InChI=1S/C29H39N2O2.BrH/c1-31(2,21-13-12-16-24-14-6-3-7-15-24)23-27-22-28(30-33-27)29(32,25-17-8-4-9-18-25)26-19-10-5-11-20-26;/h3-4,6-9,14-15,17-18,22,26,32H,5,10-13,16,19-21,23H2,1-2H3;1H/q+1;/p-1. The minimum atomic E-state index is -1.09. The van der Waals surface area contributed by atoms with Crippen LogP contribution in [0.3, 0.4) is 0 Å². The Hall–Kier alpha value is -1.95. The van der Waals surface area contributed by atoms with Gasteiger partial charge in [0.15, 0.2) is 5.76 Å². The fourth-order valence-corrected chi connectivity index (χ4v) is 5.39. The molecule has 4 nitrogen and oxygen atoms in total. The van der Waals surface area contributed by atoms with E-state index in [-0.39, 0.29) is 22.9 Å². The quantitative estimate of drug-likeness (QED) is 0.326. The molecule has 0 spiro atoms. The van der Waals surface area contributed by atoms with Gasteiger partial charge in [-0.05, 0) is 49.1 Å². The van der Waals surface area contributed by atoms with Crippen molar-refractivity contribution in [1.82, 2.24) is 5.16 Å². The molecule has 184 valence electrons. The summed E-state index contributed by atoms with van der Waals surface area (Å²) in [6.45, 7) is 1.85. The molecule has 0 radical (unpaired) electrons. The van der Waals surface area contributed by atoms with Crippen molar-refractivity contribution in [2.45, 2.75) is 63.5 Å². The number of aromatic nitrogens is 1. The molecule has 1 unspecified atom stereocenters. The number of halogens is 1. The molecule has 1 aliphatic rings. The molecule has 0 amide bonds. The molecule has 1 atom stereocenters. The molecule has 1 aliphatic carbocycles. The molecule has 4 rings (SSSR count). The normalized spacial score (nSPS) is 16.6. The molecule has 0 bridgehead atoms. The van der Waals surface area contributed by atoms with Crippen LogP contribution in [0.2, 0.25) is 0 Å². The zero-order chi connectivity index (χ0) is 23.2. The minimum Gasteiger partial charge on any atom is -1.00 e. The Morgan fingerprint density at radius 3 is 2.26 bits per heavy atom. The molecule has 34 heavy (non-hydrogen) atoms. The van der Waals surface area contributed by atoms with Crippen molar-refractivity contribution in [3.05, 3.63) is 89.3 Å². The largest absolute Gasteiger partial charge is 1.00 e. The van der Waals surface area contributed by atoms with E-state index in [0.717, 1.165) is 61.0 Å². The van der Waals surface area contributed by atoms with E-state index in [2.05, 4.69) is 49.6 Å². The maximum atomic E-state index is 12.0. The molecule has 1 heterocycles. The predicted octanol–water partition coefficient (Wildman–Crippen LogP) is 3.09. The Morgan fingerprint density at radius 1 is 0.941 bits per heavy atom. The lowest BCUT2D eigenvalue weighted by Crippen LogP contribution is -3.00. The number of benzene rings is 2. The van der Waals surface area contributed by atoms with Crippen molar-refractivity contribution in [2.24, 2.45) is 5.92 Å². The maximum absolute atomic E-state index is 12.0. The Balaban J connectivity index is 0.00000324. The van der Waals surface area contributed by atoms with Gasteiger partial charge in [0.2, 0.25) is 0 Å². The summed E-state index contributed by atoms with van der Waals surface area (Å²) in [5, 5.41) is 16.5. The summed E-state index contributed by atoms with van der Waals surface area (Å²) in [6.07, 6.45) is 9.10. The van der Waals surface area contributed by atoms with Crippen LogP contribution in [0, 0.1) is 5.92 Å². The van der Waals surface area contributed by atoms with Crippen molar-refractivity contribution in [2.75, 3.05) is 20.6 Å². The van der Waals surface area contributed by atoms with E-state index in [1.165, 1.54) is 24.8 Å². The zero-order valence-electron chi connectivity index (χ0n) is 20.6. The molecule has 5 heteroatoms. The third kappa shape index (κ3) is 6.59. The highest BCUT2D eigenvalue weighted by molar-refractivity contribution is 5.33. The van der Waals surface area contributed by atoms with E-state index < -0.39 is 5.60 Å². The molecule has 0 aliphatic heterocycles. The number of quaternary nitrogens is 1. The number of nitrogens with zero attached hydrogens (tertiary/aromatic N) is 2. The van der Waals surface area contributed by atoms with E-state index in [9.17, 15) is 5.11 Å². The van der Waals surface area contributed by atoms with Crippen LogP contribution in [-0.4, -0.2) is 35.4 Å². The van der Waals surface area contributed by atoms with Gasteiger partial charge in [-0.1, -0.05) is 85.1 Å². The molecule has 1 aromatic heterocycles. The SMILES string of the molecule is C[N+](C)(CCCCc1ccccc1)Cc1cc(C(O)(c2ccccc2)C2CCCCC2)no1.[Br-]. The van der Waals surface area contributed by atoms with Crippen molar-refractivity contribution in [3.63, 3.8) is 0 Å². The highest BCUT2D eigenvalue weighted by atomic mass is 79.9. The Labute approximate surface area is 215 Å². The van der Waals surface area contributed by atoms with Crippen LogP contribution in [0.15, 0.2) is 71.3 Å². The Morgan fingerprint density at radius 2 is 1.59 bits per heavy atom. The number of rotatable bonds is 10. The smallest absolute Gasteiger partial charge is 0.191 e. The van der Waals surface area contributed by atoms with Gasteiger partial charge < -0.3 is 31.1 Å². The second-order valence-corrected chi connectivity index (χ2v) is 10.4. The van der Waals surface area contributed by atoms with Gasteiger partial charge in [0, 0.05) is 6.07 Å². The highest BCUT2D eigenvalue weighted by Crippen LogP contribution is 2.43. The zero-order valence-corrected chi connectivity index (χ0v) is 22.2. The number of aliphatic hydroxyl groups is 1. The summed E-state index contributed by atoms with van der Waals surface area (Å²) < 4.78 is 6.65. The lowest BCUT2D eigenvalue weighted by Gasteiger charge is -2.37. The van der Waals surface area contributed by atoms with Crippen molar-refractivity contribution < 1.29 is 31.1 Å². The van der Waals surface area contributed by atoms with Gasteiger partial charge in [0.05, 0.1) is 20.6 Å². The van der Waals surface area contributed by atoms with Crippen molar-refractivity contribution in [1.29, 1.82) is 0 Å². The summed E-state index contributed by atoms with van der Waals surface area (Å²) in [5.41, 5.74) is 1.91. The first-order valence-electron chi connectivity index (χ1n) is 12.6. The van der Waals surface area contributed by atoms with Gasteiger partial charge >= 0.3 is 0 Å². The van der Waals surface area contributed by atoms with Gasteiger partial charge in [0.25, 0.3) is 0 Å². The average Bonchev–Trinajstić information content (AvgIpc) is 3.31. The van der Waals surface area contributed by atoms with Crippen LogP contribution in [0.1, 0.15) is 67.5 Å². The first-order valence-corrected chi connectivity index (χ1v) is 12.6. The van der Waals surface area contributed by atoms with Crippen LogP contribution < -0.4 is 17.0 Å². The first kappa shape index (κ1) is 26.7. The van der Waals surface area contributed by atoms with Crippen LogP contribution in [0.25, 0.3) is 0 Å². The Kier molecular flexibility index (Phi) is 9.52.